The number of carbonyl (C=O) groups is 2. The number of hydrogen-bond acceptors (Lipinski definition) is 6. The highest BCUT2D eigenvalue weighted by Gasteiger charge is 2.39. The van der Waals surface area contributed by atoms with Gasteiger partial charge in [0.05, 0.1) is 0 Å². The third-order valence-corrected chi connectivity index (χ3v) is 6.32. The van der Waals surface area contributed by atoms with Crippen molar-refractivity contribution in [3.63, 3.8) is 0 Å². The quantitative estimate of drug-likeness (QED) is 0.184. The van der Waals surface area contributed by atoms with E-state index in [0.29, 0.717) is 38.0 Å². The van der Waals surface area contributed by atoms with Crippen molar-refractivity contribution in [1.29, 1.82) is 0 Å². The molecule has 2 rings (SSSR count). The highest BCUT2D eigenvalue weighted by Crippen LogP contribution is 2.32. The van der Waals surface area contributed by atoms with E-state index in [4.69, 9.17) is 11.5 Å². The van der Waals surface area contributed by atoms with Crippen molar-refractivity contribution in [1.82, 2.24) is 15.7 Å². The lowest BCUT2D eigenvalue weighted by atomic mass is 10.0. The van der Waals surface area contributed by atoms with Crippen LogP contribution >= 0.6 is 7.95 Å². The monoisotopic (exact) mass is 397 g/mol. The van der Waals surface area contributed by atoms with E-state index in [1.54, 1.807) is 12.1 Å². The minimum atomic E-state index is -2.67. The average Bonchev–Trinajstić information content (AvgIpc) is 2.64. The predicted molar refractivity (Wildman–Crippen MR) is 104 cm³/mol. The van der Waals surface area contributed by atoms with Crippen molar-refractivity contribution in [2.45, 2.75) is 37.0 Å². The van der Waals surface area contributed by atoms with Gasteiger partial charge in [0.1, 0.15) is 19.4 Å². The molecule has 27 heavy (non-hydrogen) atoms. The molecular formula is C17H28N5O4P. The summed E-state index contributed by atoms with van der Waals surface area (Å²) >= 11 is 0. The molecule has 1 fully saturated rings. The molecule has 1 saturated heterocycles. The van der Waals surface area contributed by atoms with E-state index in [2.05, 4.69) is 15.7 Å². The Kier molecular flexibility index (Phi) is 7.79. The van der Waals surface area contributed by atoms with Gasteiger partial charge in [-0.2, -0.15) is 0 Å². The summed E-state index contributed by atoms with van der Waals surface area (Å²) in [6, 6.07) is 6.24. The van der Waals surface area contributed by atoms with Crippen LogP contribution in [0.25, 0.3) is 0 Å². The SMILES string of the molecule is NCCCNC(=O)C(N)(Cc1ccc(O)cc1)N[PH](=O)[C@H]1CCCNC1=O. The number of phenolic OH excluding ortho intramolecular Hbond substituents is 1. The van der Waals surface area contributed by atoms with E-state index in [9.17, 15) is 19.3 Å². The Balaban J connectivity index is 2.16. The number of phenols is 1. The molecule has 8 N–H and O–H groups in total. The Labute approximate surface area is 159 Å². The third kappa shape index (κ3) is 6.04. The highest BCUT2D eigenvalue weighted by atomic mass is 31.1. The van der Waals surface area contributed by atoms with Crippen LogP contribution in [-0.2, 0) is 20.6 Å². The zero-order chi connectivity index (χ0) is 19.9. The molecule has 1 aliphatic heterocycles. The van der Waals surface area contributed by atoms with Crippen LogP contribution in [0.5, 0.6) is 5.75 Å². The normalized spacial score (nSPS) is 20.4. The fraction of sp³-hybridized carbons (Fsp3) is 0.529. The first-order valence-electron chi connectivity index (χ1n) is 9.00. The average molecular weight is 397 g/mol. The summed E-state index contributed by atoms with van der Waals surface area (Å²) in [4.78, 5) is 24.7. The van der Waals surface area contributed by atoms with Gasteiger partial charge in [0.2, 0.25) is 5.91 Å². The maximum atomic E-state index is 12.8. The number of carbonyl (C=O) groups excluding carboxylic acids is 2. The molecular weight excluding hydrogens is 369 g/mol. The number of aromatic hydroxyl groups is 1. The van der Waals surface area contributed by atoms with Crippen LogP contribution in [0.3, 0.4) is 0 Å². The minimum Gasteiger partial charge on any atom is -0.508 e. The molecule has 0 spiro atoms. The lowest BCUT2D eigenvalue weighted by Gasteiger charge is -2.32. The minimum absolute atomic E-state index is 0.0481. The molecule has 1 heterocycles. The van der Waals surface area contributed by atoms with Crippen LogP contribution in [-0.4, -0.2) is 47.9 Å². The van der Waals surface area contributed by atoms with E-state index in [0.717, 1.165) is 6.42 Å². The zero-order valence-electron chi connectivity index (χ0n) is 15.2. The summed E-state index contributed by atoms with van der Waals surface area (Å²) in [6.45, 7) is 1.32. The lowest BCUT2D eigenvalue weighted by molar-refractivity contribution is -0.127. The fourth-order valence-electron chi connectivity index (χ4n) is 2.91. The summed E-state index contributed by atoms with van der Waals surface area (Å²) in [7, 11) is -2.67. The van der Waals surface area contributed by atoms with Gasteiger partial charge in [-0.1, -0.05) is 12.1 Å². The van der Waals surface area contributed by atoms with Gasteiger partial charge in [0.15, 0.2) is 5.66 Å². The smallest absolute Gasteiger partial charge is 0.255 e. The number of nitrogens with two attached hydrogens (primary N) is 2. The van der Waals surface area contributed by atoms with Crippen molar-refractivity contribution in [2.75, 3.05) is 19.6 Å². The number of hydrogen-bond donors (Lipinski definition) is 6. The third-order valence-electron chi connectivity index (χ3n) is 4.44. The van der Waals surface area contributed by atoms with Gasteiger partial charge in [0, 0.05) is 19.5 Å². The topological polar surface area (TPSA) is 160 Å². The van der Waals surface area contributed by atoms with Crippen molar-refractivity contribution in [2.24, 2.45) is 11.5 Å². The van der Waals surface area contributed by atoms with Crippen molar-refractivity contribution < 1.29 is 19.3 Å². The van der Waals surface area contributed by atoms with Gasteiger partial charge in [-0.15, -0.1) is 0 Å². The largest absolute Gasteiger partial charge is 0.508 e. The lowest BCUT2D eigenvalue weighted by Crippen LogP contribution is -2.63. The Bertz CT molecular complexity index is 684. The summed E-state index contributed by atoms with van der Waals surface area (Å²) in [5.41, 5.74) is 10.1. The first kappa shape index (κ1) is 21.4. The number of piperidine rings is 1. The predicted octanol–water partition coefficient (Wildman–Crippen LogP) is -0.602. The molecule has 3 atom stereocenters. The second kappa shape index (κ2) is 9.85. The molecule has 2 amide bonds. The van der Waals surface area contributed by atoms with E-state index >= 15 is 0 Å². The molecule has 0 aliphatic carbocycles. The first-order chi connectivity index (χ1) is 12.9. The summed E-state index contributed by atoms with van der Waals surface area (Å²) in [5.74, 6) is -0.707. The standard InChI is InChI=1S/C17H28N5O4P/c18-8-2-10-21-16(25)17(19,11-12-4-6-13(23)7-5-12)22-27(26)14-3-1-9-20-15(14)24/h4-7,14,23,27H,1-3,8-11,18-19H2,(H,20,24)(H,21,25)(H,22,26)/t14-,17?/m0/s1. The maximum Gasteiger partial charge on any atom is 0.255 e. The molecule has 1 aromatic rings. The van der Waals surface area contributed by atoms with Crippen LogP contribution in [0.1, 0.15) is 24.8 Å². The van der Waals surface area contributed by atoms with Gasteiger partial charge in [0.25, 0.3) is 5.91 Å². The summed E-state index contributed by atoms with van der Waals surface area (Å²) < 4.78 is 12.8. The molecule has 1 aliphatic rings. The van der Waals surface area contributed by atoms with Crippen LogP contribution in [0.2, 0.25) is 0 Å². The molecule has 1 aromatic carbocycles. The van der Waals surface area contributed by atoms with Crippen molar-refractivity contribution >= 4 is 19.8 Å². The molecule has 2 unspecified atom stereocenters. The van der Waals surface area contributed by atoms with Gasteiger partial charge < -0.3 is 31.8 Å². The number of rotatable bonds is 9. The fourth-order valence-corrected chi connectivity index (χ4v) is 4.53. The number of amides is 2. The first-order valence-corrected chi connectivity index (χ1v) is 10.5. The molecule has 0 saturated carbocycles. The Hall–Kier alpha value is -1.93. The molecule has 10 heteroatoms. The van der Waals surface area contributed by atoms with E-state index < -0.39 is 25.2 Å². The van der Waals surface area contributed by atoms with Crippen LogP contribution < -0.4 is 27.2 Å². The van der Waals surface area contributed by atoms with Gasteiger partial charge >= 0.3 is 0 Å². The van der Waals surface area contributed by atoms with Crippen LogP contribution in [0, 0.1) is 0 Å². The van der Waals surface area contributed by atoms with E-state index in [1.807, 2.05) is 0 Å². The second-order valence-corrected chi connectivity index (χ2v) is 8.36. The van der Waals surface area contributed by atoms with E-state index in [-0.39, 0.29) is 18.1 Å². The zero-order valence-corrected chi connectivity index (χ0v) is 16.2. The molecule has 9 nitrogen and oxygen atoms in total. The van der Waals surface area contributed by atoms with Crippen LogP contribution in [0.15, 0.2) is 24.3 Å². The van der Waals surface area contributed by atoms with E-state index in [1.165, 1.54) is 12.1 Å². The highest BCUT2D eigenvalue weighted by molar-refractivity contribution is 7.44. The molecule has 0 radical (unpaired) electrons. The Morgan fingerprint density at radius 3 is 2.70 bits per heavy atom. The van der Waals surface area contributed by atoms with Crippen LogP contribution in [0.4, 0.5) is 0 Å². The van der Waals surface area contributed by atoms with Crippen molar-refractivity contribution in [3.05, 3.63) is 29.8 Å². The molecule has 150 valence electrons. The number of benzene rings is 1. The molecule has 0 aromatic heterocycles. The van der Waals surface area contributed by atoms with Gasteiger partial charge in [-0.05, 0) is 43.5 Å². The maximum absolute atomic E-state index is 12.8. The second-order valence-electron chi connectivity index (χ2n) is 6.69. The number of nitrogens with one attached hydrogen (secondary N) is 3. The molecule has 0 bridgehead atoms. The Morgan fingerprint density at radius 1 is 1.37 bits per heavy atom. The summed E-state index contributed by atoms with van der Waals surface area (Å²) in [5, 5.41) is 17.6. The van der Waals surface area contributed by atoms with Crippen molar-refractivity contribution in [3.8, 4) is 5.75 Å². The Morgan fingerprint density at radius 2 is 2.07 bits per heavy atom. The summed E-state index contributed by atoms with van der Waals surface area (Å²) in [6.07, 6.45) is 1.85. The van der Waals surface area contributed by atoms with Gasteiger partial charge in [-0.3, -0.25) is 9.59 Å². The van der Waals surface area contributed by atoms with Gasteiger partial charge in [-0.25, -0.2) is 5.09 Å².